The molecule has 0 amide bonds. The van der Waals surface area contributed by atoms with E-state index >= 15 is 0 Å². The second-order valence-electron chi connectivity index (χ2n) is 7.77. The summed E-state index contributed by atoms with van der Waals surface area (Å²) in [6.45, 7) is 11.4. The van der Waals surface area contributed by atoms with Crippen LogP contribution >= 0.6 is 0 Å². The molecule has 0 aromatic carbocycles. The molecule has 132 valence electrons. The van der Waals surface area contributed by atoms with E-state index in [-0.39, 0.29) is 0 Å². The Morgan fingerprint density at radius 1 is 1.21 bits per heavy atom. The maximum Gasteiger partial charge on any atom is 0.328 e. The highest BCUT2D eigenvalue weighted by molar-refractivity contribution is 5.80. The standard InChI is InChI=1S/C22H32O2/c1-6-14(2)21-17(5)13-19-15(3)11-12-16(4)22(19)18(21)9-7-8-10-20(23)24/h6-10,13,15-16,18-19,21-22H,11-12H2,1-5H3,(H,23,24)/b9-7+,10-8+,14-6-/t15-,16-,18+,19-,21+,22?/m0/s1. The van der Waals surface area contributed by atoms with E-state index in [1.165, 1.54) is 30.1 Å². The lowest BCUT2D eigenvalue weighted by Crippen LogP contribution is -2.42. The summed E-state index contributed by atoms with van der Waals surface area (Å²) in [6, 6.07) is 0. The van der Waals surface area contributed by atoms with Crippen molar-refractivity contribution in [3.63, 3.8) is 0 Å². The Morgan fingerprint density at radius 2 is 1.88 bits per heavy atom. The van der Waals surface area contributed by atoms with Crippen molar-refractivity contribution in [2.24, 2.45) is 35.5 Å². The summed E-state index contributed by atoms with van der Waals surface area (Å²) < 4.78 is 0. The van der Waals surface area contributed by atoms with Crippen molar-refractivity contribution in [3.8, 4) is 0 Å². The minimum atomic E-state index is -0.891. The molecule has 0 bridgehead atoms. The molecule has 6 atom stereocenters. The van der Waals surface area contributed by atoms with E-state index in [0.717, 1.165) is 5.92 Å². The second-order valence-corrected chi connectivity index (χ2v) is 7.77. The first-order valence-electron chi connectivity index (χ1n) is 9.25. The number of hydrogen-bond acceptors (Lipinski definition) is 1. The fraction of sp³-hybridized carbons (Fsp3) is 0.591. The highest BCUT2D eigenvalue weighted by atomic mass is 16.4. The number of carboxylic acids is 1. The SMILES string of the molecule is C/C=C(/C)[C@@H]1C(C)=C[C@@H]2C([C@@H](C)CC[C@@H]2C)[C@@H]1/C=C/C=C/C(=O)O. The topological polar surface area (TPSA) is 37.3 Å². The predicted molar refractivity (Wildman–Crippen MR) is 101 cm³/mol. The molecule has 2 rings (SSSR count). The van der Waals surface area contributed by atoms with Crippen LogP contribution in [0.2, 0.25) is 0 Å². The van der Waals surface area contributed by atoms with Gasteiger partial charge in [-0.2, -0.15) is 0 Å². The van der Waals surface area contributed by atoms with Gasteiger partial charge in [0.2, 0.25) is 0 Å². The Labute approximate surface area is 147 Å². The van der Waals surface area contributed by atoms with Crippen LogP contribution in [0.15, 0.2) is 47.6 Å². The van der Waals surface area contributed by atoms with Gasteiger partial charge in [-0.15, -0.1) is 0 Å². The molecule has 2 aliphatic carbocycles. The van der Waals surface area contributed by atoms with Crippen LogP contribution in [0.4, 0.5) is 0 Å². The monoisotopic (exact) mass is 328 g/mol. The maximum absolute atomic E-state index is 10.7. The minimum Gasteiger partial charge on any atom is -0.478 e. The van der Waals surface area contributed by atoms with Gasteiger partial charge in [0.25, 0.3) is 0 Å². The van der Waals surface area contributed by atoms with Crippen molar-refractivity contribution in [3.05, 3.63) is 47.6 Å². The third kappa shape index (κ3) is 3.91. The van der Waals surface area contributed by atoms with Crippen LogP contribution in [0, 0.1) is 35.5 Å². The fourth-order valence-electron chi connectivity index (χ4n) is 4.93. The molecule has 2 nitrogen and oxygen atoms in total. The highest BCUT2D eigenvalue weighted by Crippen LogP contribution is 2.52. The zero-order valence-corrected chi connectivity index (χ0v) is 15.7. The van der Waals surface area contributed by atoms with E-state index in [4.69, 9.17) is 5.11 Å². The van der Waals surface area contributed by atoms with Gasteiger partial charge in [0.15, 0.2) is 0 Å². The third-order valence-corrected chi connectivity index (χ3v) is 6.24. The molecule has 1 fully saturated rings. The summed E-state index contributed by atoms with van der Waals surface area (Å²) >= 11 is 0. The normalized spacial score (nSPS) is 37.5. The van der Waals surface area contributed by atoms with Crippen molar-refractivity contribution in [2.75, 3.05) is 0 Å². The Bertz CT molecular complexity index is 579. The molecule has 2 aliphatic rings. The largest absolute Gasteiger partial charge is 0.478 e. The van der Waals surface area contributed by atoms with Crippen LogP contribution in [0.3, 0.4) is 0 Å². The second kappa shape index (κ2) is 8.00. The first-order valence-corrected chi connectivity index (χ1v) is 9.25. The minimum absolute atomic E-state index is 0.443. The Hall–Kier alpha value is -1.57. The zero-order valence-electron chi connectivity index (χ0n) is 15.7. The molecule has 0 aliphatic heterocycles. The Morgan fingerprint density at radius 3 is 2.50 bits per heavy atom. The molecule has 1 saturated carbocycles. The number of fused-ring (bicyclic) bond motifs is 1. The van der Waals surface area contributed by atoms with Crippen molar-refractivity contribution in [2.45, 2.75) is 47.5 Å². The summed E-state index contributed by atoms with van der Waals surface area (Å²) in [7, 11) is 0. The van der Waals surface area contributed by atoms with E-state index in [2.05, 4.69) is 52.8 Å². The van der Waals surface area contributed by atoms with Crippen LogP contribution in [0.5, 0.6) is 0 Å². The Balaban J connectivity index is 2.42. The third-order valence-electron chi connectivity index (χ3n) is 6.24. The van der Waals surface area contributed by atoms with Gasteiger partial charge >= 0.3 is 5.97 Å². The molecule has 0 spiro atoms. The zero-order chi connectivity index (χ0) is 17.9. The summed E-state index contributed by atoms with van der Waals surface area (Å²) in [5.41, 5.74) is 2.90. The lowest BCUT2D eigenvalue weighted by Gasteiger charge is -2.49. The van der Waals surface area contributed by atoms with Gasteiger partial charge in [-0.1, -0.05) is 61.8 Å². The van der Waals surface area contributed by atoms with Crippen LogP contribution < -0.4 is 0 Å². The van der Waals surface area contributed by atoms with Crippen LogP contribution in [-0.2, 0) is 4.79 Å². The molecular weight excluding hydrogens is 296 g/mol. The molecule has 1 unspecified atom stereocenters. The molecule has 0 saturated heterocycles. The number of carbonyl (C=O) groups is 1. The van der Waals surface area contributed by atoms with E-state index in [1.54, 1.807) is 6.08 Å². The van der Waals surface area contributed by atoms with E-state index in [9.17, 15) is 4.79 Å². The summed E-state index contributed by atoms with van der Waals surface area (Å²) in [5, 5.41) is 8.80. The van der Waals surface area contributed by atoms with Gasteiger partial charge in [-0.05, 0) is 56.8 Å². The van der Waals surface area contributed by atoms with Gasteiger partial charge in [0.1, 0.15) is 0 Å². The van der Waals surface area contributed by atoms with Crippen LogP contribution in [-0.4, -0.2) is 11.1 Å². The van der Waals surface area contributed by atoms with Gasteiger partial charge < -0.3 is 5.11 Å². The number of carboxylic acid groups (broad SMARTS) is 1. The number of allylic oxidation sites excluding steroid dienone is 7. The van der Waals surface area contributed by atoms with Gasteiger partial charge in [0, 0.05) is 12.0 Å². The smallest absolute Gasteiger partial charge is 0.328 e. The lowest BCUT2D eigenvalue weighted by molar-refractivity contribution is -0.131. The molecular formula is C22H32O2. The van der Waals surface area contributed by atoms with Gasteiger partial charge in [0.05, 0.1) is 0 Å². The van der Waals surface area contributed by atoms with Crippen LogP contribution in [0.25, 0.3) is 0 Å². The molecule has 24 heavy (non-hydrogen) atoms. The van der Waals surface area contributed by atoms with E-state index < -0.39 is 5.97 Å². The Kier molecular flexibility index (Phi) is 6.26. The fourth-order valence-corrected chi connectivity index (χ4v) is 4.93. The van der Waals surface area contributed by atoms with Gasteiger partial charge in [-0.25, -0.2) is 4.79 Å². The van der Waals surface area contributed by atoms with Crippen molar-refractivity contribution < 1.29 is 9.90 Å². The molecule has 1 N–H and O–H groups in total. The van der Waals surface area contributed by atoms with Crippen molar-refractivity contribution in [1.82, 2.24) is 0 Å². The maximum atomic E-state index is 10.7. The van der Waals surface area contributed by atoms with Crippen molar-refractivity contribution >= 4 is 5.97 Å². The lowest BCUT2D eigenvalue weighted by atomic mass is 9.55. The van der Waals surface area contributed by atoms with Crippen LogP contribution in [0.1, 0.15) is 47.5 Å². The molecule has 0 aromatic heterocycles. The number of hydrogen-bond donors (Lipinski definition) is 1. The summed E-state index contributed by atoms with van der Waals surface area (Å²) in [5.74, 6) is 2.74. The first-order chi connectivity index (χ1) is 11.4. The summed E-state index contributed by atoms with van der Waals surface area (Å²) in [4.78, 5) is 10.7. The first kappa shape index (κ1) is 18.8. The summed E-state index contributed by atoms with van der Waals surface area (Å²) in [6.07, 6.45) is 14.5. The molecule has 0 radical (unpaired) electrons. The van der Waals surface area contributed by atoms with Gasteiger partial charge in [-0.3, -0.25) is 0 Å². The quantitative estimate of drug-likeness (QED) is 0.412. The molecule has 0 aromatic rings. The average Bonchev–Trinajstić information content (AvgIpc) is 2.53. The molecule has 2 heteroatoms. The van der Waals surface area contributed by atoms with E-state index in [0.29, 0.717) is 29.6 Å². The van der Waals surface area contributed by atoms with Crippen molar-refractivity contribution in [1.29, 1.82) is 0 Å². The predicted octanol–water partition coefficient (Wildman–Crippen LogP) is 5.64. The number of aliphatic carboxylic acids is 1. The average molecular weight is 328 g/mol. The molecule has 0 heterocycles. The number of rotatable bonds is 4. The highest BCUT2D eigenvalue weighted by Gasteiger charge is 2.44. The van der Waals surface area contributed by atoms with E-state index in [1.807, 2.05) is 6.08 Å².